The number of rotatable bonds is 14. The van der Waals surface area contributed by atoms with Crippen molar-refractivity contribution in [1.29, 1.82) is 0 Å². The van der Waals surface area contributed by atoms with Crippen LogP contribution in [0.2, 0.25) is 0 Å². The van der Waals surface area contributed by atoms with Gasteiger partial charge in [-0.3, -0.25) is 16.4 Å². The van der Waals surface area contributed by atoms with Crippen molar-refractivity contribution in [3.05, 3.63) is 476 Å². The molecule has 0 saturated heterocycles. The van der Waals surface area contributed by atoms with E-state index in [1.54, 1.807) is 30.5 Å². The van der Waals surface area contributed by atoms with E-state index in [1.807, 2.05) is 155 Å². The van der Waals surface area contributed by atoms with Gasteiger partial charge in [-0.05, 0) is 241 Å². The standard InChI is InChI=1S/2C21H18N3.C20H15N2.C19H13N2.C18H17N2.2C6H5NO2.C3H2O2.2Pr.5Pt/c1-14-8-15(2)21(16(3)9-14)24-13-19(12-23-24)20-10-17-6-4-5-7-18(17)11-22-20;1-14-10-15(2)21(16(3)11-14)24-13-18(12-23-24)20-19-7-5-4-6-17(19)8-9-22-20;1-2-6-16(7-3-1)14-22-13-11-18(15-22)20-19-9-5-4-8-17(19)10-12-21-20;1-2-8-17-15(6-1)7-5-10-19(17)21-13-11-16(14-21)18-9-3-4-12-20-18;1-13-10-14(2)18(15(3)11-13)20-9-7-16(12-20)17-6-4-5-8-19-17;2*8-6(9)5-3-1-2-4-7-5;4-2-1-3-5;;;;;;;/h4-12H,1-3H3;4-11,13H,1-3H3;1-10,12-13,15H,14H2;1-13H;4-6,8-12H,1-3H3;2*1-4H,(H,8,9);1,4H;;;;;;;/q5*-1;;;-2;;;;;;;. The first-order valence-electron chi connectivity index (χ1n) is 43.0. The average Bonchev–Trinajstić information content (AvgIpc) is 1.73. The number of aromatic carboxylic acids is 2. The van der Waals surface area contributed by atoms with Crippen molar-refractivity contribution in [2.45, 2.75) is 68.9 Å². The fraction of sp³-hybridized carbons (Fsp3) is 0.0877. The molecule has 0 fully saturated rings. The Kier molecular flexibility index (Phi) is 48.2. The van der Waals surface area contributed by atoms with Crippen LogP contribution in [0.1, 0.15) is 76.6 Å². The SMILES string of the molecule is Cc1cc(C)c(-n2[c-]c(-c3cc4ccccc4cn3)cn2)c(C)c1.Cc1cc(C)c(-n2c[c-]c(-c3ccccn3)c2)c(C)c1.Cc1cc(C)c(-n2cc(-c3nccc4ccccc34)[c-]n2)c(C)c1.O=C(O)c1ccccn1.O=C(O)c1ccccn1.O=[C-]C=[C-]O.[Pr].[Pr].[Pt].[Pt].[Pt].[Pt].[Pt].[c-]1c(-c2ccccn2)ccn1-c1cccc2ccccc12.[c-]1cn(Cc2ccccc2)cc1-c1nccc2ccccc12. The Morgan fingerprint density at radius 1 is 0.383 bits per heavy atom. The zero-order valence-corrected chi connectivity index (χ0v) is 96.8. The van der Waals surface area contributed by atoms with Gasteiger partial charge in [0, 0.05) is 249 Å². The van der Waals surface area contributed by atoms with E-state index in [-0.39, 0.29) is 199 Å². The fourth-order valence-electron chi connectivity index (χ4n) is 15.7. The minimum Gasteiger partial charge on any atom is -0.708 e. The van der Waals surface area contributed by atoms with Crippen LogP contribution in [0.4, 0.5) is 0 Å². The van der Waals surface area contributed by atoms with Crippen LogP contribution in [0.25, 0.3) is 122 Å². The molecule has 718 valence electrons. The van der Waals surface area contributed by atoms with E-state index in [0.29, 0.717) is 0 Å². The Morgan fingerprint density at radius 2 is 0.844 bits per heavy atom. The molecule has 0 saturated carbocycles. The van der Waals surface area contributed by atoms with Gasteiger partial charge in [-0.25, -0.2) is 24.7 Å². The largest absolute Gasteiger partial charge is 0.708 e. The van der Waals surface area contributed by atoms with E-state index in [4.69, 9.17) is 20.1 Å². The topological polar surface area (TPSA) is 253 Å². The van der Waals surface area contributed by atoms with E-state index in [9.17, 15) is 9.59 Å². The molecule has 0 amide bonds. The smallest absolute Gasteiger partial charge is 0.354 e. The second-order valence-corrected chi connectivity index (χ2v) is 31.4. The first-order chi connectivity index (χ1) is 65.2. The maximum Gasteiger partial charge on any atom is 0.354 e. The van der Waals surface area contributed by atoms with Gasteiger partial charge < -0.3 is 75.5 Å². The number of carbonyl (C=O) groups is 2. The number of pyridine rings is 7. The summed E-state index contributed by atoms with van der Waals surface area (Å²) in [6, 6.07) is 99.3. The summed E-state index contributed by atoms with van der Waals surface area (Å²) in [4.78, 5) is 58.9. The van der Waals surface area contributed by atoms with Crippen LogP contribution in [-0.2, 0) is 117 Å². The number of fused-ring (bicyclic) bond motifs is 4. The van der Waals surface area contributed by atoms with Crippen LogP contribution in [-0.4, -0.2) is 102 Å². The summed E-state index contributed by atoms with van der Waals surface area (Å²) in [6.45, 7) is 20.0. The minimum atomic E-state index is -0.990. The van der Waals surface area contributed by atoms with E-state index in [2.05, 4.69) is 317 Å². The third-order valence-corrected chi connectivity index (χ3v) is 21.4. The third kappa shape index (κ3) is 31.8. The zero-order chi connectivity index (χ0) is 93.8. The molecule has 27 heteroatoms. The first-order valence-corrected chi connectivity index (χ1v) is 43.0. The summed E-state index contributed by atoms with van der Waals surface area (Å²) < 4.78 is 10.0. The number of allylic oxidation sites excluding steroid dienone is 1. The quantitative estimate of drug-likeness (QED) is 0.0520. The molecule has 3 N–H and O–H groups in total. The molecule has 9 aromatic carbocycles. The summed E-state index contributed by atoms with van der Waals surface area (Å²) in [6.07, 6.45) is 39.5. The van der Waals surface area contributed by atoms with Gasteiger partial charge in [0.25, 0.3) is 0 Å². The number of carboxylic acid groups (broad SMARTS) is 2. The van der Waals surface area contributed by atoms with Crippen molar-refractivity contribution in [2.24, 2.45) is 0 Å². The number of hydrogen-bond acceptors (Lipinski definition) is 13. The zero-order valence-electron chi connectivity index (χ0n) is 78.0. The number of aryl methyl sites for hydroxylation is 9. The molecular weight excluding hydrogens is 2920 g/mol. The van der Waals surface area contributed by atoms with Crippen LogP contribution < -0.4 is 0 Å². The van der Waals surface area contributed by atoms with Crippen molar-refractivity contribution in [1.82, 2.24) is 68.2 Å². The molecule has 0 aliphatic carbocycles. The Bertz CT molecular complexity index is 7480. The Labute approximate surface area is 959 Å². The molecule has 0 atom stereocenters. The van der Waals surface area contributed by atoms with Crippen LogP contribution in [0.3, 0.4) is 0 Å². The van der Waals surface area contributed by atoms with Crippen molar-refractivity contribution in [3.63, 3.8) is 0 Å². The molecule has 0 unspecified atom stereocenters. The number of nitrogens with zero attached hydrogens (tertiary/aromatic N) is 14. The predicted molar refractivity (Wildman–Crippen MR) is 530 cm³/mol. The molecule has 0 bridgehead atoms. The van der Waals surface area contributed by atoms with Crippen molar-refractivity contribution >= 4 is 61.3 Å². The normalized spacial score (nSPS) is 10.1. The van der Waals surface area contributed by atoms with Gasteiger partial charge in [-0.15, -0.1) is 22.8 Å². The second-order valence-electron chi connectivity index (χ2n) is 31.4. The summed E-state index contributed by atoms with van der Waals surface area (Å²) >= 11 is 0. The maximum absolute atomic E-state index is 10.1. The monoisotopic (exact) mass is 3010 g/mol. The van der Waals surface area contributed by atoms with Gasteiger partial charge in [-0.1, -0.05) is 301 Å². The van der Waals surface area contributed by atoms with E-state index in [0.717, 1.165) is 96.7 Å². The Balaban J connectivity index is 0.000000224. The summed E-state index contributed by atoms with van der Waals surface area (Å²) in [5.41, 5.74) is 26.8. The molecule has 0 aliphatic rings. The van der Waals surface area contributed by atoms with E-state index >= 15 is 0 Å². The number of aliphatic hydroxyl groups excluding tert-OH is 1. The van der Waals surface area contributed by atoms with Gasteiger partial charge in [0.2, 0.25) is 0 Å². The van der Waals surface area contributed by atoms with Crippen LogP contribution in [0.5, 0.6) is 0 Å². The van der Waals surface area contributed by atoms with Gasteiger partial charge >= 0.3 is 11.9 Å². The van der Waals surface area contributed by atoms with Gasteiger partial charge in [-0.2, -0.15) is 12.1 Å². The third-order valence-electron chi connectivity index (χ3n) is 21.4. The molecule has 141 heavy (non-hydrogen) atoms. The number of aromatic nitrogens is 14. The van der Waals surface area contributed by atoms with E-state index in [1.165, 1.54) is 131 Å². The molecule has 21 rings (SSSR count). The molecule has 0 aliphatic heterocycles. The molecule has 12 aromatic heterocycles. The number of carboxylic acids is 2. The minimum absolute atomic E-state index is 0. The molecule has 21 aromatic rings. The first kappa shape index (κ1) is 117. The van der Waals surface area contributed by atoms with Crippen LogP contribution in [0, 0.1) is 182 Å². The van der Waals surface area contributed by atoms with Crippen molar-refractivity contribution < 1.29 is 218 Å². The van der Waals surface area contributed by atoms with Crippen LogP contribution in [0.15, 0.2) is 372 Å². The summed E-state index contributed by atoms with van der Waals surface area (Å²) in [5, 5.41) is 42.6. The van der Waals surface area contributed by atoms with Crippen molar-refractivity contribution in [2.75, 3.05) is 0 Å². The number of aliphatic hydroxyl groups is 1. The molecular formula is C114H93N14O6Pr2Pt5-7. The summed E-state index contributed by atoms with van der Waals surface area (Å²) in [5.74, 6) is -1.98. The molecule has 2 radical (unpaired) electrons. The molecule has 0 spiro atoms. The van der Waals surface area contributed by atoms with Crippen molar-refractivity contribution in [3.8, 4) is 79.0 Å². The predicted octanol–water partition coefficient (Wildman–Crippen LogP) is 24.5. The van der Waals surface area contributed by atoms with E-state index < -0.39 is 11.9 Å². The fourth-order valence-corrected chi connectivity index (χ4v) is 15.7. The number of hydrogen-bond donors (Lipinski definition) is 3. The molecule has 20 nitrogen and oxygen atoms in total. The summed E-state index contributed by atoms with van der Waals surface area (Å²) in [7, 11) is 0. The average molecular weight is 3010 g/mol. The Hall–Kier alpha value is -11.4. The number of carbonyl (C=O) groups excluding carboxylic acids is 1. The Morgan fingerprint density at radius 3 is 1.35 bits per heavy atom. The van der Waals surface area contributed by atoms with Gasteiger partial charge in [0.1, 0.15) is 11.4 Å². The number of benzene rings is 9. The second kappa shape index (κ2) is 58.3. The maximum atomic E-state index is 10.1. The van der Waals surface area contributed by atoms with Crippen LogP contribution >= 0.6 is 0 Å². The molecule has 12 heterocycles. The van der Waals surface area contributed by atoms with Gasteiger partial charge in [0.15, 0.2) is 0 Å². The van der Waals surface area contributed by atoms with Gasteiger partial charge in [0.05, 0.1) is 5.69 Å².